The van der Waals surface area contributed by atoms with Gasteiger partial charge in [0.1, 0.15) is 0 Å². The highest BCUT2D eigenvalue weighted by Crippen LogP contribution is 2.23. The van der Waals surface area contributed by atoms with Crippen LogP contribution in [0.4, 0.5) is 0 Å². The van der Waals surface area contributed by atoms with E-state index < -0.39 is 0 Å². The second-order valence-corrected chi connectivity index (χ2v) is 3.38. The molecule has 0 bridgehead atoms. The molecule has 0 amide bonds. The van der Waals surface area contributed by atoms with E-state index in [4.69, 9.17) is 10.8 Å². The maximum Gasteiger partial charge on any atom is 0.0624 e. The molecule has 0 heterocycles. The summed E-state index contributed by atoms with van der Waals surface area (Å²) < 4.78 is 0. The number of aliphatic hydroxyl groups excluding tert-OH is 1. The SMILES string of the molecule is CSc1ccccc1[C@@H](N)CO.Cl. The number of hydrogen-bond donors (Lipinski definition) is 2. The molecule has 0 saturated heterocycles. The number of aliphatic hydroxyl groups is 1. The Hall–Kier alpha value is -0.220. The average Bonchev–Trinajstić information content (AvgIpc) is 2.16. The Bertz CT molecular complexity index is 257. The van der Waals surface area contributed by atoms with E-state index in [9.17, 15) is 0 Å². The first-order valence-corrected chi connectivity index (χ1v) is 5.01. The minimum absolute atomic E-state index is 0. The summed E-state index contributed by atoms with van der Waals surface area (Å²) in [5.74, 6) is 0. The lowest BCUT2D eigenvalue weighted by Crippen LogP contribution is -2.15. The summed E-state index contributed by atoms with van der Waals surface area (Å²) in [7, 11) is 0. The molecule has 3 N–H and O–H groups in total. The molecule has 2 nitrogen and oxygen atoms in total. The summed E-state index contributed by atoms with van der Waals surface area (Å²) >= 11 is 1.65. The van der Waals surface area contributed by atoms with Gasteiger partial charge in [-0.15, -0.1) is 24.2 Å². The summed E-state index contributed by atoms with van der Waals surface area (Å²) in [5.41, 5.74) is 6.73. The standard InChI is InChI=1S/C9H13NOS.ClH/c1-12-9-5-3-2-4-7(9)8(10)6-11;/h2-5,8,11H,6,10H2,1H3;1H/t8-;/m0./s1. The third-order valence-electron chi connectivity index (χ3n) is 1.74. The van der Waals surface area contributed by atoms with Crippen molar-refractivity contribution in [3.63, 3.8) is 0 Å². The van der Waals surface area contributed by atoms with Gasteiger partial charge in [0.05, 0.1) is 12.6 Å². The van der Waals surface area contributed by atoms with Crippen LogP contribution < -0.4 is 5.73 Å². The molecule has 74 valence electrons. The van der Waals surface area contributed by atoms with Crippen molar-refractivity contribution in [3.05, 3.63) is 29.8 Å². The van der Waals surface area contributed by atoms with Gasteiger partial charge < -0.3 is 10.8 Å². The lowest BCUT2D eigenvalue weighted by Gasteiger charge is -2.11. The first-order valence-electron chi connectivity index (χ1n) is 3.79. The van der Waals surface area contributed by atoms with Crippen molar-refractivity contribution >= 4 is 24.2 Å². The fraction of sp³-hybridized carbons (Fsp3) is 0.333. The predicted molar refractivity (Wildman–Crippen MR) is 59.5 cm³/mol. The molecule has 0 aliphatic carbocycles. The average molecular weight is 220 g/mol. The fourth-order valence-electron chi connectivity index (χ4n) is 1.07. The van der Waals surface area contributed by atoms with Crippen molar-refractivity contribution < 1.29 is 5.11 Å². The second kappa shape index (κ2) is 6.27. The van der Waals surface area contributed by atoms with E-state index in [0.29, 0.717) is 0 Å². The van der Waals surface area contributed by atoms with Gasteiger partial charge in [0.2, 0.25) is 0 Å². The predicted octanol–water partition coefficient (Wildman–Crippen LogP) is 1.82. The molecule has 4 heteroatoms. The Morgan fingerprint density at radius 3 is 2.62 bits per heavy atom. The Morgan fingerprint density at radius 2 is 2.08 bits per heavy atom. The zero-order valence-electron chi connectivity index (χ0n) is 7.43. The summed E-state index contributed by atoms with van der Waals surface area (Å²) in [5, 5.41) is 8.87. The van der Waals surface area contributed by atoms with Crippen LogP contribution in [0.5, 0.6) is 0 Å². The third-order valence-corrected chi connectivity index (χ3v) is 2.55. The lowest BCUT2D eigenvalue weighted by molar-refractivity contribution is 0.267. The fourth-order valence-corrected chi connectivity index (χ4v) is 1.74. The van der Waals surface area contributed by atoms with Crippen LogP contribution in [0.1, 0.15) is 11.6 Å². The van der Waals surface area contributed by atoms with Gasteiger partial charge in [0.15, 0.2) is 0 Å². The second-order valence-electron chi connectivity index (χ2n) is 2.53. The molecule has 0 fully saturated rings. The quantitative estimate of drug-likeness (QED) is 0.763. The molecule has 1 aromatic rings. The number of benzene rings is 1. The summed E-state index contributed by atoms with van der Waals surface area (Å²) in [6, 6.07) is 7.61. The first kappa shape index (κ1) is 12.8. The number of nitrogens with two attached hydrogens (primary N) is 1. The van der Waals surface area contributed by atoms with Crippen LogP contribution in [-0.4, -0.2) is 18.0 Å². The molecule has 0 aromatic heterocycles. The number of halogens is 1. The van der Waals surface area contributed by atoms with Crippen LogP contribution in [0.3, 0.4) is 0 Å². The summed E-state index contributed by atoms with van der Waals surface area (Å²) in [4.78, 5) is 1.14. The molecule has 0 spiro atoms. The zero-order valence-corrected chi connectivity index (χ0v) is 9.07. The van der Waals surface area contributed by atoms with Crippen LogP contribution >= 0.6 is 24.2 Å². The van der Waals surface area contributed by atoms with Crippen molar-refractivity contribution in [2.24, 2.45) is 5.73 Å². The van der Waals surface area contributed by atoms with Crippen molar-refractivity contribution in [1.29, 1.82) is 0 Å². The molecule has 1 aromatic carbocycles. The van der Waals surface area contributed by atoms with Gasteiger partial charge in [-0.05, 0) is 17.9 Å². The van der Waals surface area contributed by atoms with Gasteiger partial charge in [-0.3, -0.25) is 0 Å². The van der Waals surface area contributed by atoms with Gasteiger partial charge in [0, 0.05) is 4.90 Å². The van der Waals surface area contributed by atoms with Crippen LogP contribution in [0.25, 0.3) is 0 Å². The van der Waals surface area contributed by atoms with E-state index in [-0.39, 0.29) is 25.1 Å². The van der Waals surface area contributed by atoms with Crippen LogP contribution in [0.15, 0.2) is 29.2 Å². The van der Waals surface area contributed by atoms with Crippen LogP contribution in [-0.2, 0) is 0 Å². The van der Waals surface area contributed by atoms with Gasteiger partial charge in [0.25, 0.3) is 0 Å². The largest absolute Gasteiger partial charge is 0.394 e. The molecule has 1 atom stereocenters. The third kappa shape index (κ3) is 3.19. The van der Waals surface area contributed by atoms with E-state index in [1.54, 1.807) is 11.8 Å². The maximum atomic E-state index is 8.87. The van der Waals surface area contributed by atoms with Crippen LogP contribution in [0, 0.1) is 0 Å². The van der Waals surface area contributed by atoms with Gasteiger partial charge in [-0.1, -0.05) is 18.2 Å². The summed E-state index contributed by atoms with van der Waals surface area (Å²) in [6.07, 6.45) is 2.00. The van der Waals surface area contributed by atoms with Gasteiger partial charge in [-0.25, -0.2) is 0 Å². The molecule has 0 aliphatic heterocycles. The highest BCUT2D eigenvalue weighted by molar-refractivity contribution is 7.98. The molecule has 0 radical (unpaired) electrons. The highest BCUT2D eigenvalue weighted by Gasteiger charge is 2.07. The monoisotopic (exact) mass is 219 g/mol. The molecule has 0 unspecified atom stereocenters. The molecule has 0 aliphatic rings. The normalized spacial score (nSPS) is 11.9. The van der Waals surface area contributed by atoms with E-state index in [2.05, 4.69) is 0 Å². The Morgan fingerprint density at radius 1 is 1.46 bits per heavy atom. The Kier molecular flexibility index (Phi) is 6.16. The highest BCUT2D eigenvalue weighted by atomic mass is 35.5. The van der Waals surface area contributed by atoms with Crippen molar-refractivity contribution in [2.75, 3.05) is 12.9 Å². The molecule has 0 saturated carbocycles. The van der Waals surface area contributed by atoms with Crippen molar-refractivity contribution in [1.82, 2.24) is 0 Å². The van der Waals surface area contributed by atoms with Crippen molar-refractivity contribution in [2.45, 2.75) is 10.9 Å². The van der Waals surface area contributed by atoms with E-state index in [1.165, 1.54) is 0 Å². The van der Waals surface area contributed by atoms with Crippen molar-refractivity contribution in [3.8, 4) is 0 Å². The minimum Gasteiger partial charge on any atom is -0.394 e. The van der Waals surface area contributed by atoms with E-state index >= 15 is 0 Å². The summed E-state index contributed by atoms with van der Waals surface area (Å²) in [6.45, 7) is -0.00241. The van der Waals surface area contributed by atoms with E-state index in [1.807, 2.05) is 30.5 Å². The Balaban J connectivity index is 0.00000144. The smallest absolute Gasteiger partial charge is 0.0624 e. The molecular formula is C9H14ClNOS. The lowest BCUT2D eigenvalue weighted by atomic mass is 10.1. The number of thioether (sulfide) groups is 1. The van der Waals surface area contributed by atoms with E-state index in [0.717, 1.165) is 10.5 Å². The molecule has 1 rings (SSSR count). The van der Waals surface area contributed by atoms with Gasteiger partial charge in [-0.2, -0.15) is 0 Å². The van der Waals surface area contributed by atoms with Gasteiger partial charge >= 0.3 is 0 Å². The topological polar surface area (TPSA) is 46.2 Å². The number of hydrogen-bond acceptors (Lipinski definition) is 3. The first-order chi connectivity index (χ1) is 5.79. The maximum absolute atomic E-state index is 8.87. The molecular weight excluding hydrogens is 206 g/mol. The zero-order chi connectivity index (χ0) is 8.97. The Labute approximate surface area is 88.9 Å². The number of rotatable bonds is 3. The minimum atomic E-state index is -0.256. The molecule has 13 heavy (non-hydrogen) atoms. The van der Waals surface area contributed by atoms with Crippen LogP contribution in [0.2, 0.25) is 0 Å².